The summed E-state index contributed by atoms with van der Waals surface area (Å²) in [6.45, 7) is -0.374. The number of esters is 2. The molecule has 0 rings (SSSR count). The Balaban J connectivity index is 4.15. The van der Waals surface area contributed by atoms with E-state index in [0.717, 1.165) is 0 Å². The molecule has 0 unspecified atom stereocenters. The first-order chi connectivity index (χ1) is 7.51. The van der Waals surface area contributed by atoms with Crippen molar-refractivity contribution in [1.29, 1.82) is 0 Å². The Labute approximate surface area is 92.7 Å². The van der Waals surface area contributed by atoms with E-state index in [0.29, 0.717) is 0 Å². The van der Waals surface area contributed by atoms with E-state index in [4.69, 9.17) is 5.11 Å². The minimum Gasteiger partial charge on any atom is -0.480 e. The Morgan fingerprint density at radius 3 is 2.31 bits per heavy atom. The van der Waals surface area contributed by atoms with E-state index in [1.54, 1.807) is 0 Å². The maximum Gasteiger partial charge on any atom is 0.322 e. The average molecular weight is 233 g/mol. The average Bonchev–Trinajstić information content (AvgIpc) is 2.27. The molecule has 0 fully saturated rings. The second-order valence-electron chi connectivity index (χ2n) is 2.97. The molecule has 1 atom stereocenters. The number of carbonyl (C=O) groups is 3. The van der Waals surface area contributed by atoms with E-state index in [-0.39, 0.29) is 19.4 Å². The normalized spacial score (nSPS) is 11.6. The van der Waals surface area contributed by atoms with Crippen molar-refractivity contribution in [1.82, 2.24) is 5.32 Å². The summed E-state index contributed by atoms with van der Waals surface area (Å²) in [4.78, 5) is 32.3. The van der Waals surface area contributed by atoms with E-state index in [1.807, 2.05) is 0 Å². The topological polar surface area (TPSA) is 102 Å². The molecular weight excluding hydrogens is 218 g/mol. The van der Waals surface area contributed by atoms with Crippen LogP contribution in [0.5, 0.6) is 0 Å². The molecule has 0 spiro atoms. The van der Waals surface area contributed by atoms with Crippen LogP contribution in [0.1, 0.15) is 12.8 Å². The maximum atomic E-state index is 11.2. The molecule has 92 valence electrons. The van der Waals surface area contributed by atoms with E-state index in [2.05, 4.69) is 14.8 Å². The largest absolute Gasteiger partial charge is 0.480 e. The molecule has 0 aromatic heterocycles. The van der Waals surface area contributed by atoms with Crippen LogP contribution in [0.2, 0.25) is 0 Å². The number of ether oxygens (including phenoxy) is 2. The third-order valence-corrected chi connectivity index (χ3v) is 1.85. The van der Waals surface area contributed by atoms with Crippen molar-refractivity contribution < 1.29 is 29.0 Å². The molecule has 16 heavy (non-hydrogen) atoms. The quantitative estimate of drug-likeness (QED) is 0.552. The molecule has 0 radical (unpaired) electrons. The molecule has 7 nitrogen and oxygen atoms in total. The van der Waals surface area contributed by atoms with Crippen LogP contribution >= 0.6 is 0 Å². The monoisotopic (exact) mass is 233 g/mol. The molecule has 0 saturated heterocycles. The molecule has 0 aromatic carbocycles. The highest BCUT2D eigenvalue weighted by atomic mass is 16.5. The second kappa shape index (κ2) is 7.63. The molecule has 0 amide bonds. The zero-order valence-electron chi connectivity index (χ0n) is 9.19. The molecule has 0 saturated carbocycles. The summed E-state index contributed by atoms with van der Waals surface area (Å²) in [6.07, 6.45) is 0.148. The zero-order chi connectivity index (χ0) is 12.6. The van der Waals surface area contributed by atoms with Crippen LogP contribution in [-0.4, -0.2) is 49.8 Å². The van der Waals surface area contributed by atoms with E-state index in [9.17, 15) is 14.4 Å². The van der Waals surface area contributed by atoms with Gasteiger partial charge in [0.05, 0.1) is 20.8 Å². The first-order valence-corrected chi connectivity index (χ1v) is 4.61. The van der Waals surface area contributed by atoms with Crippen LogP contribution in [0.3, 0.4) is 0 Å². The van der Waals surface area contributed by atoms with Crippen LogP contribution in [0, 0.1) is 0 Å². The van der Waals surface area contributed by atoms with Gasteiger partial charge in [-0.25, -0.2) is 0 Å². The lowest BCUT2D eigenvalue weighted by atomic mass is 10.1. The van der Waals surface area contributed by atoms with Gasteiger partial charge in [-0.05, 0) is 6.42 Å². The van der Waals surface area contributed by atoms with Gasteiger partial charge in [-0.15, -0.1) is 0 Å². The summed E-state index contributed by atoms with van der Waals surface area (Å²) >= 11 is 0. The Kier molecular flexibility index (Phi) is 6.86. The Morgan fingerprint density at radius 2 is 1.88 bits per heavy atom. The highest BCUT2D eigenvalue weighted by Gasteiger charge is 2.20. The highest BCUT2D eigenvalue weighted by molar-refractivity contribution is 5.78. The number of hydrogen-bond acceptors (Lipinski definition) is 6. The number of rotatable bonds is 7. The summed E-state index contributed by atoms with van der Waals surface area (Å²) in [5.41, 5.74) is 0. The lowest BCUT2D eigenvalue weighted by molar-refractivity contribution is -0.144. The standard InChI is InChI=1S/C9H15NO6/c1-15-8(13)4-3-6(9(14)16-2)10-5-7(11)12/h6,10H,3-5H2,1-2H3,(H,11,12)/t6-/m1/s1. The van der Waals surface area contributed by atoms with Gasteiger partial charge in [-0.3, -0.25) is 19.7 Å². The SMILES string of the molecule is COC(=O)CC[C@@H](NCC(=O)O)C(=O)OC. The van der Waals surface area contributed by atoms with Gasteiger partial charge in [-0.1, -0.05) is 0 Å². The van der Waals surface area contributed by atoms with Crippen LogP contribution < -0.4 is 5.32 Å². The Morgan fingerprint density at radius 1 is 1.25 bits per heavy atom. The number of carbonyl (C=O) groups excluding carboxylic acids is 2. The smallest absolute Gasteiger partial charge is 0.322 e. The molecule has 0 aromatic rings. The number of carboxylic acids is 1. The predicted octanol–water partition coefficient (Wildman–Crippen LogP) is -0.845. The van der Waals surface area contributed by atoms with E-state index in [1.165, 1.54) is 14.2 Å². The van der Waals surface area contributed by atoms with Crippen molar-refractivity contribution in [3.8, 4) is 0 Å². The van der Waals surface area contributed by atoms with Crippen molar-refractivity contribution >= 4 is 17.9 Å². The fourth-order valence-electron chi connectivity index (χ4n) is 1.02. The number of hydrogen-bond donors (Lipinski definition) is 2. The first-order valence-electron chi connectivity index (χ1n) is 4.61. The van der Waals surface area contributed by atoms with Crippen molar-refractivity contribution in [3.05, 3.63) is 0 Å². The van der Waals surface area contributed by atoms with Crippen molar-refractivity contribution in [2.24, 2.45) is 0 Å². The third-order valence-electron chi connectivity index (χ3n) is 1.85. The van der Waals surface area contributed by atoms with Crippen LogP contribution in [-0.2, 0) is 23.9 Å². The van der Waals surface area contributed by atoms with Gasteiger partial charge < -0.3 is 14.6 Å². The Bertz CT molecular complexity index is 265. The van der Waals surface area contributed by atoms with Gasteiger partial charge in [0, 0.05) is 6.42 Å². The molecule has 0 aliphatic heterocycles. The number of aliphatic carboxylic acids is 1. The van der Waals surface area contributed by atoms with Crippen molar-refractivity contribution in [2.45, 2.75) is 18.9 Å². The number of methoxy groups -OCH3 is 2. The lowest BCUT2D eigenvalue weighted by Gasteiger charge is -2.14. The number of nitrogens with one attached hydrogen (secondary N) is 1. The first kappa shape index (κ1) is 14.4. The summed E-state index contributed by atoms with van der Waals surface area (Å²) in [7, 11) is 2.43. The minimum absolute atomic E-state index is 0.0168. The maximum absolute atomic E-state index is 11.2. The molecular formula is C9H15NO6. The summed E-state index contributed by atoms with van der Waals surface area (Å²) in [5.74, 6) is -2.16. The van der Waals surface area contributed by atoms with Crippen LogP contribution in [0.15, 0.2) is 0 Å². The van der Waals surface area contributed by atoms with E-state index < -0.39 is 23.9 Å². The van der Waals surface area contributed by atoms with Gasteiger partial charge in [-0.2, -0.15) is 0 Å². The van der Waals surface area contributed by atoms with Crippen molar-refractivity contribution in [2.75, 3.05) is 20.8 Å². The molecule has 0 bridgehead atoms. The second-order valence-corrected chi connectivity index (χ2v) is 2.97. The van der Waals surface area contributed by atoms with Gasteiger partial charge in [0.25, 0.3) is 0 Å². The van der Waals surface area contributed by atoms with Crippen LogP contribution in [0.25, 0.3) is 0 Å². The molecule has 7 heteroatoms. The minimum atomic E-state index is -1.09. The molecule has 0 heterocycles. The van der Waals surface area contributed by atoms with Gasteiger partial charge in [0.15, 0.2) is 0 Å². The molecule has 0 aliphatic rings. The molecule has 0 aliphatic carbocycles. The number of carboxylic acid groups (broad SMARTS) is 1. The fourth-order valence-corrected chi connectivity index (χ4v) is 1.02. The Hall–Kier alpha value is -1.63. The third kappa shape index (κ3) is 5.97. The predicted molar refractivity (Wildman–Crippen MR) is 52.7 cm³/mol. The van der Waals surface area contributed by atoms with Crippen molar-refractivity contribution in [3.63, 3.8) is 0 Å². The summed E-state index contributed by atoms with van der Waals surface area (Å²) in [5, 5.41) is 10.9. The lowest BCUT2D eigenvalue weighted by Crippen LogP contribution is -2.40. The summed E-state index contributed by atoms with van der Waals surface area (Å²) < 4.78 is 8.87. The fraction of sp³-hybridized carbons (Fsp3) is 0.667. The van der Waals surface area contributed by atoms with Gasteiger partial charge in [0.2, 0.25) is 0 Å². The summed E-state index contributed by atoms with van der Waals surface area (Å²) in [6, 6.07) is -0.819. The highest BCUT2D eigenvalue weighted by Crippen LogP contribution is 2.00. The van der Waals surface area contributed by atoms with Gasteiger partial charge >= 0.3 is 17.9 Å². The van der Waals surface area contributed by atoms with Gasteiger partial charge in [0.1, 0.15) is 6.04 Å². The van der Waals surface area contributed by atoms with Crippen LogP contribution in [0.4, 0.5) is 0 Å². The molecule has 2 N–H and O–H groups in total. The zero-order valence-corrected chi connectivity index (χ0v) is 9.19. The van der Waals surface area contributed by atoms with E-state index >= 15 is 0 Å².